The van der Waals surface area contributed by atoms with Crippen molar-refractivity contribution in [2.75, 3.05) is 6.79 Å². The molecule has 1 aliphatic heterocycles. The number of fused-ring (bicyclic) bond motifs is 3. The molecule has 0 saturated carbocycles. The molecule has 0 spiro atoms. The van der Waals surface area contributed by atoms with Crippen LogP contribution >= 0.6 is 15.9 Å². The maximum atomic E-state index is 5.70. The minimum absolute atomic E-state index is 0.316. The van der Waals surface area contributed by atoms with Crippen LogP contribution in [-0.2, 0) is 12.8 Å². The van der Waals surface area contributed by atoms with E-state index in [0.717, 1.165) is 28.8 Å². The van der Waals surface area contributed by atoms with Crippen molar-refractivity contribution in [2.45, 2.75) is 32.9 Å². The van der Waals surface area contributed by atoms with Gasteiger partial charge in [-0.15, -0.1) is 0 Å². The summed E-state index contributed by atoms with van der Waals surface area (Å²) in [7, 11) is -1.78. The predicted octanol–water partition coefficient (Wildman–Crippen LogP) is 5.93. The van der Waals surface area contributed by atoms with Gasteiger partial charge in [0.1, 0.15) is 8.07 Å². The summed E-state index contributed by atoms with van der Waals surface area (Å²) >= 11 is 3.78. The van der Waals surface area contributed by atoms with Gasteiger partial charge in [0.25, 0.3) is 0 Å². The molecule has 5 rings (SSSR count). The number of ether oxygens (including phenoxy) is 2. The van der Waals surface area contributed by atoms with E-state index in [1.54, 1.807) is 10.4 Å². The van der Waals surface area contributed by atoms with Crippen molar-refractivity contribution in [3.63, 3.8) is 0 Å². The summed E-state index contributed by atoms with van der Waals surface area (Å²) in [6.45, 7) is 7.61. The van der Waals surface area contributed by atoms with Crippen LogP contribution in [0.15, 0.2) is 45.6 Å². The second kappa shape index (κ2) is 5.60. The van der Waals surface area contributed by atoms with Crippen LogP contribution in [0.4, 0.5) is 0 Å². The summed E-state index contributed by atoms with van der Waals surface area (Å²) in [6.07, 6.45) is 4.54. The van der Waals surface area contributed by atoms with Crippen molar-refractivity contribution >= 4 is 35.3 Å². The number of hydrogen-bond acceptors (Lipinski definition) is 2. The molecule has 2 aliphatic carbocycles. The Bertz CT molecular complexity index is 1020. The van der Waals surface area contributed by atoms with Crippen molar-refractivity contribution < 1.29 is 9.47 Å². The van der Waals surface area contributed by atoms with Crippen LogP contribution in [0.5, 0.6) is 11.5 Å². The summed E-state index contributed by atoms with van der Waals surface area (Å²) < 4.78 is 12.4. The standard InChI is InChI=1S/C22H21BrO2Si/c1-13-8-17-18(11-19-21(20(17)23)25-12-24-19)22(13)26(2,3)16-9-14-6-4-5-7-15(14)10-16/h4-7,9,11H,8,10,12H2,1-3H3. The van der Waals surface area contributed by atoms with Crippen molar-refractivity contribution in [3.05, 3.63) is 67.8 Å². The highest BCUT2D eigenvalue weighted by Crippen LogP contribution is 2.51. The number of benzene rings is 2. The Balaban J connectivity index is 1.62. The van der Waals surface area contributed by atoms with E-state index in [9.17, 15) is 0 Å². The van der Waals surface area contributed by atoms with Gasteiger partial charge in [-0.05, 0) is 69.2 Å². The number of allylic oxidation sites excluding steroid dienone is 2. The van der Waals surface area contributed by atoms with E-state index < -0.39 is 8.07 Å². The SMILES string of the molecule is CC1=C([Si](C)(C)C2=Cc3ccccc3C2)c2cc3c(c(Br)c2C1)OCO3. The molecule has 0 N–H and O–H groups in total. The van der Waals surface area contributed by atoms with Gasteiger partial charge in [-0.3, -0.25) is 0 Å². The fourth-order valence-electron chi connectivity index (χ4n) is 4.73. The monoisotopic (exact) mass is 424 g/mol. The van der Waals surface area contributed by atoms with Crippen molar-refractivity contribution in [1.29, 1.82) is 0 Å². The van der Waals surface area contributed by atoms with E-state index in [1.165, 1.54) is 27.8 Å². The van der Waals surface area contributed by atoms with Crippen molar-refractivity contribution in [2.24, 2.45) is 0 Å². The third-order valence-corrected chi connectivity index (χ3v) is 10.7. The zero-order valence-electron chi connectivity index (χ0n) is 15.3. The second-order valence-corrected chi connectivity index (χ2v) is 13.1. The Hall–Kier alpha value is -1.78. The number of halogens is 1. The molecular weight excluding hydrogens is 404 g/mol. The number of rotatable bonds is 2. The molecule has 4 heteroatoms. The summed E-state index contributed by atoms with van der Waals surface area (Å²) in [6, 6.07) is 11.0. The summed E-state index contributed by atoms with van der Waals surface area (Å²) in [5.74, 6) is 1.74. The molecule has 2 aromatic rings. The largest absolute Gasteiger partial charge is 0.454 e. The van der Waals surface area contributed by atoms with Crippen molar-refractivity contribution in [1.82, 2.24) is 0 Å². The first-order chi connectivity index (χ1) is 12.5. The van der Waals surface area contributed by atoms with E-state index in [2.05, 4.69) is 72.4 Å². The summed E-state index contributed by atoms with van der Waals surface area (Å²) in [4.78, 5) is 0. The first kappa shape index (κ1) is 16.4. The molecule has 2 nitrogen and oxygen atoms in total. The molecule has 26 heavy (non-hydrogen) atoms. The van der Waals surface area contributed by atoms with Gasteiger partial charge in [0, 0.05) is 0 Å². The predicted molar refractivity (Wildman–Crippen MR) is 112 cm³/mol. The number of hydrogen-bond donors (Lipinski definition) is 0. The third kappa shape index (κ3) is 2.21. The molecule has 0 unspecified atom stereocenters. The van der Waals surface area contributed by atoms with Crippen LogP contribution in [0.3, 0.4) is 0 Å². The first-order valence-electron chi connectivity index (χ1n) is 9.07. The maximum Gasteiger partial charge on any atom is 0.231 e. The van der Waals surface area contributed by atoms with Crippen LogP contribution in [0.1, 0.15) is 29.2 Å². The fraction of sp³-hybridized carbons (Fsp3) is 0.273. The Morgan fingerprint density at radius 1 is 1.08 bits per heavy atom. The lowest BCUT2D eigenvalue weighted by Gasteiger charge is -2.28. The van der Waals surface area contributed by atoms with Crippen LogP contribution in [0.2, 0.25) is 13.1 Å². The molecule has 1 heterocycles. The topological polar surface area (TPSA) is 18.5 Å². The van der Waals surface area contributed by atoms with E-state index in [1.807, 2.05) is 0 Å². The van der Waals surface area contributed by atoms with Gasteiger partial charge >= 0.3 is 0 Å². The zero-order chi connectivity index (χ0) is 18.1. The van der Waals surface area contributed by atoms with Crippen molar-refractivity contribution in [3.8, 4) is 11.5 Å². The smallest absolute Gasteiger partial charge is 0.231 e. The normalized spacial score (nSPS) is 17.5. The van der Waals surface area contributed by atoms with Gasteiger partial charge < -0.3 is 9.47 Å². The van der Waals surface area contributed by atoms with Gasteiger partial charge in [-0.1, -0.05) is 54.2 Å². The quantitative estimate of drug-likeness (QED) is 0.555. The molecule has 0 radical (unpaired) electrons. The fourth-order valence-corrected chi connectivity index (χ4v) is 8.92. The molecule has 132 valence electrons. The van der Waals surface area contributed by atoms with Gasteiger partial charge in [-0.2, -0.15) is 0 Å². The highest BCUT2D eigenvalue weighted by Gasteiger charge is 2.40. The van der Waals surface area contributed by atoms with Gasteiger partial charge in [0.05, 0.1) is 4.47 Å². The lowest BCUT2D eigenvalue weighted by molar-refractivity contribution is 0.173. The maximum absolute atomic E-state index is 5.70. The highest BCUT2D eigenvalue weighted by atomic mass is 79.9. The van der Waals surface area contributed by atoms with Crippen LogP contribution in [-0.4, -0.2) is 14.9 Å². The lowest BCUT2D eigenvalue weighted by Crippen LogP contribution is -2.32. The summed E-state index contributed by atoms with van der Waals surface area (Å²) in [5, 5.41) is 3.19. The highest BCUT2D eigenvalue weighted by molar-refractivity contribution is 9.10. The molecule has 0 bridgehead atoms. The lowest BCUT2D eigenvalue weighted by atomic mass is 10.1. The molecular formula is C22H21BrO2Si. The average molecular weight is 425 g/mol. The Morgan fingerprint density at radius 3 is 2.69 bits per heavy atom. The average Bonchev–Trinajstić information content (AvgIpc) is 3.31. The minimum Gasteiger partial charge on any atom is -0.454 e. The van der Waals surface area contributed by atoms with Gasteiger partial charge in [0.2, 0.25) is 6.79 Å². The Morgan fingerprint density at radius 2 is 1.88 bits per heavy atom. The second-order valence-electron chi connectivity index (χ2n) is 7.95. The molecule has 0 atom stereocenters. The van der Waals surface area contributed by atoms with Crippen LogP contribution < -0.4 is 9.47 Å². The zero-order valence-corrected chi connectivity index (χ0v) is 17.9. The Kier molecular flexibility index (Phi) is 3.53. The van der Waals surface area contributed by atoms with E-state index in [0.29, 0.717) is 6.79 Å². The van der Waals surface area contributed by atoms with Crippen LogP contribution in [0, 0.1) is 0 Å². The first-order valence-corrected chi connectivity index (χ1v) is 12.9. The molecule has 2 aromatic carbocycles. The third-order valence-electron chi connectivity index (χ3n) is 6.04. The van der Waals surface area contributed by atoms with E-state index in [-0.39, 0.29) is 0 Å². The van der Waals surface area contributed by atoms with E-state index in [4.69, 9.17) is 9.47 Å². The Labute approximate surface area is 163 Å². The molecule has 0 fully saturated rings. The van der Waals surface area contributed by atoms with Gasteiger partial charge in [-0.25, -0.2) is 0 Å². The molecule has 0 aromatic heterocycles. The van der Waals surface area contributed by atoms with Gasteiger partial charge in [0.15, 0.2) is 11.5 Å². The molecule has 0 amide bonds. The molecule has 3 aliphatic rings. The summed E-state index contributed by atoms with van der Waals surface area (Å²) in [5.41, 5.74) is 7.08. The molecule has 0 saturated heterocycles. The van der Waals surface area contributed by atoms with E-state index >= 15 is 0 Å². The van der Waals surface area contributed by atoms with Crippen LogP contribution in [0.25, 0.3) is 11.3 Å². The minimum atomic E-state index is -1.78.